The summed E-state index contributed by atoms with van der Waals surface area (Å²) in [6.07, 6.45) is 1.74. The average Bonchev–Trinajstić information content (AvgIpc) is 3.15. The molecule has 4 aromatic rings. The minimum Gasteiger partial charge on any atom is -0.496 e. The van der Waals surface area contributed by atoms with E-state index in [2.05, 4.69) is 41.5 Å². The van der Waals surface area contributed by atoms with Gasteiger partial charge in [0, 0.05) is 28.9 Å². The van der Waals surface area contributed by atoms with Gasteiger partial charge in [0.05, 0.1) is 24.5 Å². The number of fused-ring (bicyclic) bond motifs is 1. The summed E-state index contributed by atoms with van der Waals surface area (Å²) < 4.78 is 7.31. The van der Waals surface area contributed by atoms with Crippen LogP contribution in [0.25, 0.3) is 16.8 Å². The lowest BCUT2D eigenvalue weighted by atomic mass is 9.85. The number of carbonyl (C=O) groups excluding carboxylic acids is 1. The Labute approximate surface area is 197 Å². The normalized spacial score (nSPS) is 11.5. The van der Waals surface area contributed by atoms with E-state index in [0.29, 0.717) is 16.7 Å². The van der Waals surface area contributed by atoms with E-state index in [4.69, 9.17) is 16.3 Å². The Bertz CT molecular complexity index is 1340. The Morgan fingerprint density at radius 2 is 1.88 bits per heavy atom. The molecule has 4 rings (SSSR count). The zero-order valence-electron chi connectivity index (χ0n) is 19.2. The molecule has 7 nitrogen and oxygen atoms in total. The highest BCUT2D eigenvalue weighted by Crippen LogP contribution is 2.34. The van der Waals surface area contributed by atoms with E-state index in [-0.39, 0.29) is 11.3 Å². The van der Waals surface area contributed by atoms with E-state index in [1.807, 2.05) is 42.5 Å². The van der Waals surface area contributed by atoms with Gasteiger partial charge in [-0.05, 0) is 53.4 Å². The van der Waals surface area contributed by atoms with Crippen LogP contribution in [0.5, 0.6) is 5.75 Å². The summed E-state index contributed by atoms with van der Waals surface area (Å²) in [7, 11) is 1.62. The van der Waals surface area contributed by atoms with Crippen molar-refractivity contribution in [2.45, 2.75) is 33.1 Å². The number of carbonyl (C=O) groups is 1. The molecule has 0 unspecified atom stereocenters. The van der Waals surface area contributed by atoms with Crippen LogP contribution in [0.1, 0.15) is 33.3 Å². The van der Waals surface area contributed by atoms with Gasteiger partial charge < -0.3 is 15.4 Å². The highest BCUT2D eigenvalue weighted by Gasteiger charge is 2.19. The van der Waals surface area contributed by atoms with Crippen LogP contribution in [0.2, 0.25) is 5.02 Å². The number of nitrogens with one attached hydrogen (secondary N) is 2. The first kappa shape index (κ1) is 22.6. The Balaban J connectivity index is 1.73. The summed E-state index contributed by atoms with van der Waals surface area (Å²) in [6.45, 7) is 7.82. The molecule has 2 aromatic heterocycles. The second kappa shape index (κ2) is 8.75. The summed E-state index contributed by atoms with van der Waals surface area (Å²) in [6, 6.07) is 15.2. The third-order valence-electron chi connectivity index (χ3n) is 5.23. The van der Waals surface area contributed by atoms with E-state index in [9.17, 15) is 4.79 Å². The molecule has 170 valence electrons. The number of methoxy groups -OCH3 is 1. The van der Waals surface area contributed by atoms with Crippen molar-refractivity contribution >= 4 is 40.3 Å². The van der Waals surface area contributed by atoms with E-state index in [1.54, 1.807) is 23.9 Å². The summed E-state index contributed by atoms with van der Waals surface area (Å²) in [5.41, 5.74) is 4.93. The second-order valence-corrected chi connectivity index (χ2v) is 9.23. The molecule has 0 fully saturated rings. The van der Waals surface area contributed by atoms with Gasteiger partial charge >= 0.3 is 0 Å². The van der Waals surface area contributed by atoms with Crippen molar-refractivity contribution in [2.75, 3.05) is 17.7 Å². The lowest BCUT2D eigenvalue weighted by Crippen LogP contribution is -2.17. The number of benzene rings is 2. The molecule has 2 heterocycles. The largest absolute Gasteiger partial charge is 0.496 e. The van der Waals surface area contributed by atoms with Crippen LogP contribution < -0.4 is 15.4 Å². The highest BCUT2D eigenvalue weighted by atomic mass is 35.5. The first-order chi connectivity index (χ1) is 15.7. The maximum atomic E-state index is 11.7. The molecule has 0 aliphatic heterocycles. The van der Waals surface area contributed by atoms with Crippen LogP contribution in [0.4, 0.5) is 17.3 Å². The Morgan fingerprint density at radius 3 is 2.58 bits per heavy atom. The molecule has 0 radical (unpaired) electrons. The van der Waals surface area contributed by atoms with Gasteiger partial charge in [0.15, 0.2) is 0 Å². The van der Waals surface area contributed by atoms with E-state index >= 15 is 0 Å². The minimum absolute atomic E-state index is 0.122. The number of amides is 1. The Hall–Kier alpha value is -3.58. The van der Waals surface area contributed by atoms with Crippen molar-refractivity contribution in [1.82, 2.24) is 14.6 Å². The molecule has 0 aliphatic carbocycles. The maximum absolute atomic E-state index is 11.7. The highest BCUT2D eigenvalue weighted by molar-refractivity contribution is 6.31. The van der Waals surface area contributed by atoms with Crippen LogP contribution in [0, 0.1) is 0 Å². The average molecular weight is 464 g/mol. The van der Waals surface area contributed by atoms with Gasteiger partial charge in [-0.2, -0.15) is 0 Å². The lowest BCUT2D eigenvalue weighted by molar-refractivity contribution is -0.114. The fourth-order valence-electron chi connectivity index (χ4n) is 3.74. The van der Waals surface area contributed by atoms with Gasteiger partial charge in [0.25, 0.3) is 0 Å². The molecular formula is C25H26ClN5O2. The zero-order valence-corrected chi connectivity index (χ0v) is 20.0. The molecule has 8 heteroatoms. The molecule has 0 saturated heterocycles. The van der Waals surface area contributed by atoms with Crippen molar-refractivity contribution in [2.24, 2.45) is 0 Å². The van der Waals surface area contributed by atoms with Crippen molar-refractivity contribution in [3.63, 3.8) is 0 Å². The Kier molecular flexibility index (Phi) is 5.99. The van der Waals surface area contributed by atoms with Crippen LogP contribution in [0.3, 0.4) is 0 Å². The van der Waals surface area contributed by atoms with Crippen molar-refractivity contribution in [1.29, 1.82) is 0 Å². The Morgan fingerprint density at radius 1 is 1.09 bits per heavy atom. The van der Waals surface area contributed by atoms with E-state index < -0.39 is 0 Å². The number of hydrogen-bond acceptors (Lipinski definition) is 5. The molecule has 1 amide bonds. The summed E-state index contributed by atoms with van der Waals surface area (Å²) in [5.74, 6) is 0.992. The quantitative estimate of drug-likeness (QED) is 0.376. The number of nitrogens with zero attached hydrogens (tertiary/aromatic N) is 3. The van der Waals surface area contributed by atoms with Crippen molar-refractivity contribution in [3.05, 3.63) is 65.3 Å². The molecule has 2 N–H and O–H groups in total. The van der Waals surface area contributed by atoms with Crippen LogP contribution in [-0.2, 0) is 10.2 Å². The van der Waals surface area contributed by atoms with Gasteiger partial charge in [0.1, 0.15) is 5.75 Å². The molecule has 33 heavy (non-hydrogen) atoms. The summed E-state index contributed by atoms with van der Waals surface area (Å²) in [5, 5.41) is 11.5. The zero-order chi connectivity index (χ0) is 23.8. The predicted molar refractivity (Wildman–Crippen MR) is 133 cm³/mol. The first-order valence-electron chi connectivity index (χ1n) is 10.5. The fraction of sp³-hybridized carbons (Fsp3) is 0.240. The van der Waals surface area contributed by atoms with Crippen LogP contribution >= 0.6 is 11.6 Å². The third kappa shape index (κ3) is 4.78. The first-order valence-corrected chi connectivity index (χ1v) is 10.9. The van der Waals surface area contributed by atoms with Crippen LogP contribution in [0.15, 0.2) is 54.7 Å². The smallest absolute Gasteiger partial charge is 0.245 e. The molecule has 0 bridgehead atoms. The van der Waals surface area contributed by atoms with Gasteiger partial charge in [-0.15, -0.1) is 5.10 Å². The predicted octanol–water partition coefficient (Wildman–Crippen LogP) is 6.06. The van der Waals surface area contributed by atoms with Crippen molar-refractivity contribution < 1.29 is 9.53 Å². The van der Waals surface area contributed by atoms with Crippen LogP contribution in [-0.4, -0.2) is 27.6 Å². The molecular weight excluding hydrogens is 438 g/mol. The number of aromatic nitrogens is 3. The second-order valence-electron chi connectivity index (χ2n) is 8.80. The topological polar surface area (TPSA) is 80.5 Å². The standard InChI is InChI=1S/C25H26ClN5O2/c1-15(32)28-21-13-17(7-9-20(21)25(2,3)4)29-24-27-14-18-8-10-22(31(18)30-24)19-12-16(26)6-11-23(19)33-5/h6-14H,1-5H3,(H,28,32)(H,29,30). The van der Waals surface area contributed by atoms with Gasteiger partial charge in [-0.1, -0.05) is 38.4 Å². The van der Waals surface area contributed by atoms with Crippen molar-refractivity contribution in [3.8, 4) is 17.0 Å². The van der Waals surface area contributed by atoms with E-state index in [1.165, 1.54) is 6.92 Å². The number of rotatable bonds is 5. The number of hydrogen-bond donors (Lipinski definition) is 2. The summed E-state index contributed by atoms with van der Waals surface area (Å²) >= 11 is 6.24. The monoisotopic (exact) mass is 463 g/mol. The molecule has 2 aromatic carbocycles. The lowest BCUT2D eigenvalue weighted by Gasteiger charge is -2.23. The van der Waals surface area contributed by atoms with Gasteiger partial charge in [-0.25, -0.2) is 9.50 Å². The van der Waals surface area contributed by atoms with E-state index in [0.717, 1.165) is 33.7 Å². The molecule has 0 saturated carbocycles. The SMILES string of the molecule is COc1ccc(Cl)cc1-c1ccc2cnc(Nc3ccc(C(C)(C)C)c(NC(C)=O)c3)nn12. The summed E-state index contributed by atoms with van der Waals surface area (Å²) in [4.78, 5) is 16.2. The fourth-order valence-corrected chi connectivity index (χ4v) is 3.91. The number of ether oxygens (including phenoxy) is 1. The number of anilines is 3. The molecule has 0 aliphatic rings. The third-order valence-corrected chi connectivity index (χ3v) is 5.47. The van der Waals surface area contributed by atoms with Gasteiger partial charge in [0.2, 0.25) is 11.9 Å². The maximum Gasteiger partial charge on any atom is 0.245 e. The number of halogens is 1. The van der Waals surface area contributed by atoms with Gasteiger partial charge in [-0.3, -0.25) is 4.79 Å². The molecule has 0 spiro atoms. The minimum atomic E-state index is -0.123. The molecule has 0 atom stereocenters.